The van der Waals surface area contributed by atoms with Gasteiger partial charge in [-0.1, -0.05) is 56.2 Å². The van der Waals surface area contributed by atoms with Crippen molar-refractivity contribution in [2.45, 2.75) is 32.6 Å². The molecule has 4 nitrogen and oxygen atoms in total. The molecule has 2 aromatic rings. The Bertz CT molecular complexity index is 593. The average Bonchev–Trinajstić information content (AvgIpc) is 2.65. The Labute approximate surface area is 149 Å². The van der Waals surface area contributed by atoms with Crippen LogP contribution >= 0.6 is 0 Å². The fraction of sp³-hybridized carbons (Fsp3) is 0.238. The van der Waals surface area contributed by atoms with Gasteiger partial charge in [-0.2, -0.15) is 0 Å². The van der Waals surface area contributed by atoms with Gasteiger partial charge in [0.1, 0.15) is 0 Å². The third-order valence-corrected chi connectivity index (χ3v) is 2.97. The van der Waals surface area contributed by atoms with E-state index in [0.29, 0.717) is 11.1 Å². The van der Waals surface area contributed by atoms with E-state index >= 15 is 0 Å². The molecule has 2 N–H and O–H groups in total. The summed E-state index contributed by atoms with van der Waals surface area (Å²) in [6, 6.07) is 16.6. The van der Waals surface area contributed by atoms with Gasteiger partial charge in [-0.15, -0.1) is 12.3 Å². The van der Waals surface area contributed by atoms with Gasteiger partial charge in [0, 0.05) is 6.42 Å². The number of hydrogen-bond acceptors (Lipinski definition) is 2. The summed E-state index contributed by atoms with van der Waals surface area (Å²) in [4.78, 5) is 20.4. The second-order valence-corrected chi connectivity index (χ2v) is 5.00. The van der Waals surface area contributed by atoms with Crippen LogP contribution in [0.2, 0.25) is 0 Å². The van der Waals surface area contributed by atoms with Gasteiger partial charge in [-0.25, -0.2) is 9.59 Å². The van der Waals surface area contributed by atoms with Crippen LogP contribution in [0.5, 0.6) is 0 Å². The summed E-state index contributed by atoms with van der Waals surface area (Å²) in [6.07, 6.45) is 9.72. The van der Waals surface area contributed by atoms with Crippen molar-refractivity contribution in [1.29, 1.82) is 0 Å². The molecule has 0 fully saturated rings. The summed E-state index contributed by atoms with van der Waals surface area (Å²) in [6.45, 7) is 2.18. The Morgan fingerprint density at radius 1 is 0.840 bits per heavy atom. The fourth-order valence-electron chi connectivity index (χ4n) is 1.64. The summed E-state index contributed by atoms with van der Waals surface area (Å²) in [5, 5.41) is 16.8. The molecule has 132 valence electrons. The Kier molecular flexibility index (Phi) is 12.7. The van der Waals surface area contributed by atoms with E-state index in [1.54, 1.807) is 60.7 Å². The number of carboxylic acids is 2. The highest BCUT2D eigenvalue weighted by Gasteiger charge is 1.97. The lowest BCUT2D eigenvalue weighted by atomic mass is 10.2. The van der Waals surface area contributed by atoms with Gasteiger partial charge in [0.2, 0.25) is 0 Å². The number of carbonyl (C=O) groups is 2. The maximum absolute atomic E-state index is 10.2. The molecule has 0 bridgehead atoms. The highest BCUT2D eigenvalue weighted by Crippen LogP contribution is 1.97. The first kappa shape index (κ1) is 21.9. The van der Waals surface area contributed by atoms with Crippen LogP contribution in [-0.2, 0) is 0 Å². The monoisotopic (exact) mass is 340 g/mol. The largest absolute Gasteiger partial charge is 0.478 e. The Balaban J connectivity index is 0.000000350. The summed E-state index contributed by atoms with van der Waals surface area (Å²) in [7, 11) is 0. The van der Waals surface area contributed by atoms with Gasteiger partial charge in [0.05, 0.1) is 11.1 Å². The molecule has 0 aliphatic heterocycles. The van der Waals surface area contributed by atoms with E-state index < -0.39 is 11.9 Å². The van der Waals surface area contributed by atoms with Crippen molar-refractivity contribution in [3.05, 3.63) is 71.8 Å². The molecule has 25 heavy (non-hydrogen) atoms. The summed E-state index contributed by atoms with van der Waals surface area (Å²) in [5.41, 5.74) is 0.662. The quantitative estimate of drug-likeness (QED) is 0.595. The third kappa shape index (κ3) is 12.1. The van der Waals surface area contributed by atoms with Crippen LogP contribution < -0.4 is 0 Å². The van der Waals surface area contributed by atoms with Gasteiger partial charge in [-0.05, 0) is 30.7 Å². The summed E-state index contributed by atoms with van der Waals surface area (Å²) >= 11 is 0. The number of benzene rings is 2. The minimum Gasteiger partial charge on any atom is -0.478 e. The molecule has 4 heteroatoms. The molecular weight excluding hydrogens is 316 g/mol. The van der Waals surface area contributed by atoms with Gasteiger partial charge in [0.15, 0.2) is 0 Å². The molecule has 0 unspecified atom stereocenters. The lowest BCUT2D eigenvalue weighted by Gasteiger charge is -1.88. The minimum absolute atomic E-state index is 0.331. The normalized spacial score (nSPS) is 8.64. The van der Waals surface area contributed by atoms with E-state index in [1.807, 2.05) is 0 Å². The molecule has 0 aliphatic carbocycles. The lowest BCUT2D eigenvalue weighted by molar-refractivity contribution is 0.0686. The van der Waals surface area contributed by atoms with Gasteiger partial charge in [0.25, 0.3) is 0 Å². The van der Waals surface area contributed by atoms with E-state index in [2.05, 4.69) is 12.8 Å². The molecule has 0 amide bonds. The smallest absolute Gasteiger partial charge is 0.335 e. The molecule has 0 spiro atoms. The topological polar surface area (TPSA) is 74.6 Å². The number of terminal acetylenes is 1. The fourth-order valence-corrected chi connectivity index (χ4v) is 1.64. The first-order valence-electron chi connectivity index (χ1n) is 8.03. The highest BCUT2D eigenvalue weighted by molar-refractivity contribution is 5.87. The van der Waals surface area contributed by atoms with Gasteiger partial charge < -0.3 is 10.2 Å². The predicted molar refractivity (Wildman–Crippen MR) is 99.8 cm³/mol. The molecule has 0 atom stereocenters. The van der Waals surface area contributed by atoms with E-state index in [4.69, 9.17) is 16.6 Å². The molecule has 0 heterocycles. The number of carboxylic acid groups (broad SMARTS) is 2. The molecule has 0 aromatic heterocycles. The van der Waals surface area contributed by atoms with Crippen LogP contribution in [0.4, 0.5) is 0 Å². The Morgan fingerprint density at radius 3 is 1.48 bits per heavy atom. The van der Waals surface area contributed by atoms with Crippen LogP contribution in [-0.4, -0.2) is 22.2 Å². The van der Waals surface area contributed by atoms with Crippen molar-refractivity contribution in [2.75, 3.05) is 0 Å². The number of hydrogen-bond donors (Lipinski definition) is 2. The zero-order valence-electron chi connectivity index (χ0n) is 14.4. The molecule has 0 saturated carbocycles. The van der Waals surface area contributed by atoms with E-state index in [1.165, 1.54) is 19.3 Å². The van der Waals surface area contributed by atoms with E-state index in [-0.39, 0.29) is 0 Å². The minimum atomic E-state index is -0.879. The molecule has 0 aliphatic rings. The van der Waals surface area contributed by atoms with Crippen LogP contribution in [0, 0.1) is 12.3 Å². The molecule has 0 saturated heterocycles. The first-order valence-corrected chi connectivity index (χ1v) is 8.03. The molecule has 2 aromatic carbocycles. The SMILES string of the molecule is C#CCCCCC.O=C(O)c1ccccc1.O=C(O)c1ccccc1. The van der Waals surface area contributed by atoms with Crippen LogP contribution in [0.25, 0.3) is 0 Å². The first-order chi connectivity index (χ1) is 12.0. The predicted octanol–water partition coefficient (Wildman–Crippen LogP) is 4.97. The van der Waals surface area contributed by atoms with Crippen LogP contribution in [0.15, 0.2) is 60.7 Å². The van der Waals surface area contributed by atoms with E-state index in [0.717, 1.165) is 6.42 Å². The maximum atomic E-state index is 10.2. The number of unbranched alkanes of at least 4 members (excludes halogenated alkanes) is 3. The summed E-state index contributed by atoms with van der Waals surface area (Å²) < 4.78 is 0. The van der Waals surface area contributed by atoms with Crippen molar-refractivity contribution in [3.8, 4) is 12.3 Å². The van der Waals surface area contributed by atoms with E-state index in [9.17, 15) is 9.59 Å². The number of aromatic carboxylic acids is 2. The van der Waals surface area contributed by atoms with Crippen molar-refractivity contribution >= 4 is 11.9 Å². The maximum Gasteiger partial charge on any atom is 0.335 e. The molecular formula is C21H24O4. The third-order valence-electron chi connectivity index (χ3n) is 2.97. The number of rotatable bonds is 5. The van der Waals surface area contributed by atoms with Crippen molar-refractivity contribution in [1.82, 2.24) is 0 Å². The standard InChI is InChI=1S/2C7H6O2.C7H12/c2*8-7(9)6-4-2-1-3-5-6;1-3-5-7-6-4-2/h2*1-5H,(H,8,9);1H,4-7H2,2H3. The Hall–Kier alpha value is -3.06. The van der Waals surface area contributed by atoms with Crippen molar-refractivity contribution in [3.63, 3.8) is 0 Å². The summed E-state index contributed by atoms with van der Waals surface area (Å²) in [5.74, 6) is 0.844. The Morgan fingerprint density at radius 2 is 1.24 bits per heavy atom. The zero-order chi connectivity index (χ0) is 18.9. The van der Waals surface area contributed by atoms with Crippen LogP contribution in [0.1, 0.15) is 53.3 Å². The highest BCUT2D eigenvalue weighted by atomic mass is 16.4. The van der Waals surface area contributed by atoms with Gasteiger partial charge in [-0.3, -0.25) is 0 Å². The molecule has 2 rings (SSSR count). The second-order valence-electron chi connectivity index (χ2n) is 5.00. The molecule has 0 radical (unpaired) electrons. The second kappa shape index (κ2) is 14.5. The van der Waals surface area contributed by atoms with Crippen molar-refractivity contribution < 1.29 is 19.8 Å². The average molecular weight is 340 g/mol. The van der Waals surface area contributed by atoms with Gasteiger partial charge >= 0.3 is 11.9 Å². The zero-order valence-corrected chi connectivity index (χ0v) is 14.4. The van der Waals surface area contributed by atoms with Crippen LogP contribution in [0.3, 0.4) is 0 Å². The lowest BCUT2D eigenvalue weighted by Crippen LogP contribution is -1.93. The van der Waals surface area contributed by atoms with Crippen molar-refractivity contribution in [2.24, 2.45) is 0 Å².